The molecule has 0 radical (unpaired) electrons. The molecule has 2 N–H and O–H groups in total. The Kier molecular flexibility index (Phi) is 7.25. The van der Waals surface area contributed by atoms with E-state index >= 15 is 0 Å². The average molecular weight is 333 g/mol. The molecule has 2 atom stereocenters. The highest BCUT2D eigenvalue weighted by molar-refractivity contribution is 5.73. The lowest BCUT2D eigenvalue weighted by molar-refractivity contribution is -0.144. The summed E-state index contributed by atoms with van der Waals surface area (Å²) in [6.45, 7) is 5.74. The normalized spacial score (nSPS) is 19.1. The summed E-state index contributed by atoms with van der Waals surface area (Å²) in [5, 5.41) is 19.5. The first-order valence-electron chi connectivity index (χ1n) is 9.20. The number of likely N-dealkylation sites (tertiary alicyclic amines) is 1. The number of carbonyl (C=O) groups is 1. The van der Waals surface area contributed by atoms with Gasteiger partial charge in [0.25, 0.3) is 0 Å². The van der Waals surface area contributed by atoms with Crippen LogP contribution in [0.2, 0.25) is 0 Å². The van der Waals surface area contributed by atoms with E-state index in [4.69, 9.17) is 0 Å². The number of hydrogen-bond donors (Lipinski definition) is 2. The van der Waals surface area contributed by atoms with Crippen LogP contribution in [-0.2, 0) is 11.2 Å². The van der Waals surface area contributed by atoms with Crippen LogP contribution < -0.4 is 0 Å². The third-order valence-electron chi connectivity index (χ3n) is 5.26. The number of aryl methyl sites for hydroxylation is 1. The highest BCUT2D eigenvalue weighted by atomic mass is 16.4. The van der Waals surface area contributed by atoms with Crippen molar-refractivity contribution >= 4 is 5.97 Å². The maximum Gasteiger partial charge on any atom is 0.320 e. The van der Waals surface area contributed by atoms with Gasteiger partial charge in [-0.25, -0.2) is 0 Å². The first-order chi connectivity index (χ1) is 11.5. The van der Waals surface area contributed by atoms with E-state index in [1.807, 2.05) is 6.92 Å². The van der Waals surface area contributed by atoms with Crippen molar-refractivity contribution in [1.82, 2.24) is 4.90 Å². The van der Waals surface area contributed by atoms with Gasteiger partial charge in [0, 0.05) is 0 Å². The standard InChI is InChI=1S/C20H31NO3/c1-3-19(20(23)24)21-12-10-16(11-13-21)8-9-18(22)14-17-6-4-15(2)5-7-17/h4-7,16,18-19,22H,3,8-14H2,1-2H3,(H,23,24). The molecule has 24 heavy (non-hydrogen) atoms. The minimum absolute atomic E-state index is 0.284. The van der Waals surface area contributed by atoms with Crippen molar-refractivity contribution in [3.8, 4) is 0 Å². The number of benzene rings is 1. The number of aliphatic hydroxyl groups is 1. The van der Waals surface area contributed by atoms with Crippen molar-refractivity contribution in [2.24, 2.45) is 5.92 Å². The van der Waals surface area contributed by atoms with Gasteiger partial charge in [0.2, 0.25) is 0 Å². The summed E-state index contributed by atoms with van der Waals surface area (Å²) >= 11 is 0. The largest absolute Gasteiger partial charge is 0.480 e. The lowest BCUT2D eigenvalue weighted by Crippen LogP contribution is -2.45. The second kappa shape index (κ2) is 9.19. The van der Waals surface area contributed by atoms with E-state index in [1.54, 1.807) is 0 Å². The molecule has 1 aromatic carbocycles. The first kappa shape index (κ1) is 18.9. The number of aliphatic carboxylic acids is 1. The molecular weight excluding hydrogens is 302 g/mol. The molecule has 1 aromatic rings. The third-order valence-corrected chi connectivity index (χ3v) is 5.26. The van der Waals surface area contributed by atoms with Gasteiger partial charge in [0.05, 0.1) is 6.10 Å². The Hall–Kier alpha value is -1.39. The number of aliphatic hydroxyl groups excluding tert-OH is 1. The smallest absolute Gasteiger partial charge is 0.320 e. The van der Waals surface area contributed by atoms with Crippen molar-refractivity contribution in [2.45, 2.75) is 64.5 Å². The average Bonchev–Trinajstić information content (AvgIpc) is 2.56. The van der Waals surface area contributed by atoms with Gasteiger partial charge in [-0.3, -0.25) is 9.69 Å². The zero-order chi connectivity index (χ0) is 17.5. The monoisotopic (exact) mass is 333 g/mol. The van der Waals surface area contributed by atoms with Crippen LogP contribution >= 0.6 is 0 Å². The van der Waals surface area contributed by atoms with E-state index in [9.17, 15) is 15.0 Å². The number of rotatable bonds is 8. The van der Waals surface area contributed by atoms with E-state index in [1.165, 1.54) is 11.1 Å². The Morgan fingerprint density at radius 2 is 1.88 bits per heavy atom. The minimum Gasteiger partial charge on any atom is -0.480 e. The van der Waals surface area contributed by atoms with Gasteiger partial charge >= 0.3 is 5.97 Å². The van der Waals surface area contributed by atoms with Crippen LogP contribution in [0.3, 0.4) is 0 Å². The lowest BCUT2D eigenvalue weighted by Gasteiger charge is -2.35. The fourth-order valence-electron chi connectivity index (χ4n) is 3.67. The molecule has 1 heterocycles. The molecule has 2 unspecified atom stereocenters. The minimum atomic E-state index is -0.704. The Morgan fingerprint density at radius 1 is 1.25 bits per heavy atom. The van der Waals surface area contributed by atoms with Crippen molar-refractivity contribution in [3.63, 3.8) is 0 Å². The van der Waals surface area contributed by atoms with E-state index < -0.39 is 5.97 Å². The molecule has 0 spiro atoms. The molecule has 4 nitrogen and oxygen atoms in total. The molecule has 0 aliphatic carbocycles. The topological polar surface area (TPSA) is 60.8 Å². The molecule has 0 saturated carbocycles. The Morgan fingerprint density at radius 3 is 2.42 bits per heavy atom. The number of piperidine rings is 1. The molecule has 2 rings (SSSR count). The van der Waals surface area contributed by atoms with Crippen LogP contribution in [0.5, 0.6) is 0 Å². The summed E-state index contributed by atoms with van der Waals surface area (Å²) in [6, 6.07) is 8.02. The number of nitrogens with zero attached hydrogens (tertiary/aromatic N) is 1. The Labute approximate surface area is 145 Å². The highest BCUT2D eigenvalue weighted by Gasteiger charge is 2.28. The summed E-state index contributed by atoms with van der Waals surface area (Å²) in [5.74, 6) is -0.0929. The Bertz CT molecular complexity index is 506. The van der Waals surface area contributed by atoms with E-state index in [-0.39, 0.29) is 12.1 Å². The quantitative estimate of drug-likeness (QED) is 0.766. The van der Waals surface area contributed by atoms with Crippen LogP contribution in [0.1, 0.15) is 50.2 Å². The number of carboxylic acids is 1. The molecule has 1 aliphatic rings. The van der Waals surface area contributed by atoms with Crippen molar-refractivity contribution < 1.29 is 15.0 Å². The molecule has 0 aromatic heterocycles. The maximum atomic E-state index is 11.2. The molecule has 0 amide bonds. The molecular formula is C20H31NO3. The highest BCUT2D eigenvalue weighted by Crippen LogP contribution is 2.25. The summed E-state index contributed by atoms with van der Waals surface area (Å²) in [4.78, 5) is 13.3. The van der Waals surface area contributed by atoms with Gasteiger partial charge in [-0.15, -0.1) is 0 Å². The number of carboxylic acid groups (broad SMARTS) is 1. The van der Waals surface area contributed by atoms with Crippen molar-refractivity contribution in [2.75, 3.05) is 13.1 Å². The molecule has 4 heteroatoms. The zero-order valence-electron chi connectivity index (χ0n) is 14.9. The van der Waals surface area contributed by atoms with Crippen LogP contribution in [0.25, 0.3) is 0 Å². The van der Waals surface area contributed by atoms with E-state index in [2.05, 4.69) is 36.1 Å². The predicted molar refractivity (Wildman–Crippen MR) is 96.1 cm³/mol. The first-order valence-corrected chi connectivity index (χ1v) is 9.20. The summed E-state index contributed by atoms with van der Waals surface area (Å²) in [5.41, 5.74) is 2.43. The SMILES string of the molecule is CCC(C(=O)O)N1CCC(CCC(O)Cc2ccc(C)cc2)CC1. The summed E-state index contributed by atoms with van der Waals surface area (Å²) in [7, 11) is 0. The number of hydrogen-bond acceptors (Lipinski definition) is 3. The van der Waals surface area contributed by atoms with Crippen LogP contribution in [0.15, 0.2) is 24.3 Å². The van der Waals surface area contributed by atoms with Gasteiger partial charge in [-0.2, -0.15) is 0 Å². The molecule has 134 valence electrons. The lowest BCUT2D eigenvalue weighted by atomic mass is 9.89. The third kappa shape index (κ3) is 5.60. The van der Waals surface area contributed by atoms with Gasteiger partial charge in [0.15, 0.2) is 0 Å². The summed E-state index contributed by atoms with van der Waals surface area (Å²) in [6.07, 6.45) is 5.04. The van der Waals surface area contributed by atoms with E-state index in [0.717, 1.165) is 45.2 Å². The molecule has 1 saturated heterocycles. The second-order valence-electron chi connectivity index (χ2n) is 7.16. The van der Waals surface area contributed by atoms with Crippen molar-refractivity contribution in [3.05, 3.63) is 35.4 Å². The van der Waals surface area contributed by atoms with Crippen LogP contribution in [0.4, 0.5) is 0 Å². The van der Waals surface area contributed by atoms with Gasteiger partial charge in [-0.1, -0.05) is 36.8 Å². The fraction of sp³-hybridized carbons (Fsp3) is 0.650. The van der Waals surface area contributed by atoms with Gasteiger partial charge in [-0.05, 0) is 70.0 Å². The predicted octanol–water partition coefficient (Wildman–Crippen LogP) is 3.25. The molecule has 0 bridgehead atoms. The Balaban J connectivity index is 1.70. The summed E-state index contributed by atoms with van der Waals surface area (Å²) < 4.78 is 0. The zero-order valence-corrected chi connectivity index (χ0v) is 14.9. The maximum absolute atomic E-state index is 11.2. The molecule has 1 fully saturated rings. The molecule has 1 aliphatic heterocycles. The van der Waals surface area contributed by atoms with Gasteiger partial charge in [0.1, 0.15) is 6.04 Å². The van der Waals surface area contributed by atoms with Gasteiger partial charge < -0.3 is 10.2 Å². The fourth-order valence-corrected chi connectivity index (χ4v) is 3.67. The second-order valence-corrected chi connectivity index (χ2v) is 7.16. The van der Waals surface area contributed by atoms with Crippen LogP contribution in [-0.4, -0.2) is 46.3 Å². The van der Waals surface area contributed by atoms with E-state index in [0.29, 0.717) is 12.3 Å². The van der Waals surface area contributed by atoms with Crippen molar-refractivity contribution in [1.29, 1.82) is 0 Å². The van der Waals surface area contributed by atoms with Crippen LogP contribution in [0, 0.1) is 12.8 Å².